The highest BCUT2D eigenvalue weighted by atomic mass is 79.9. The Bertz CT molecular complexity index is 414. The molecule has 1 amide bonds. The van der Waals surface area contributed by atoms with Crippen molar-refractivity contribution in [2.75, 3.05) is 11.2 Å². The molecule has 0 heterocycles. The second kappa shape index (κ2) is 5.59. The Morgan fingerprint density at radius 1 is 1.50 bits per heavy atom. The van der Waals surface area contributed by atoms with Gasteiger partial charge >= 0.3 is 0 Å². The van der Waals surface area contributed by atoms with Crippen LogP contribution in [0.5, 0.6) is 0 Å². The molecule has 88 valence electrons. The van der Waals surface area contributed by atoms with Gasteiger partial charge in [-0.1, -0.05) is 6.92 Å². The smallest absolute Gasteiger partial charge is 0.228 e. The van der Waals surface area contributed by atoms with Crippen LogP contribution in [0.25, 0.3) is 0 Å². The van der Waals surface area contributed by atoms with Gasteiger partial charge in [-0.15, -0.1) is 11.6 Å². The van der Waals surface area contributed by atoms with Crippen molar-refractivity contribution in [3.63, 3.8) is 0 Å². The van der Waals surface area contributed by atoms with Crippen molar-refractivity contribution >= 4 is 39.1 Å². The van der Waals surface area contributed by atoms with Gasteiger partial charge in [-0.05, 0) is 22.0 Å². The number of nitrogens with one attached hydrogen (secondary N) is 1. The summed E-state index contributed by atoms with van der Waals surface area (Å²) >= 11 is 8.31. The van der Waals surface area contributed by atoms with Crippen LogP contribution in [0.3, 0.4) is 0 Å². The molecule has 1 N–H and O–H groups in total. The van der Waals surface area contributed by atoms with E-state index >= 15 is 0 Å². The first-order chi connectivity index (χ1) is 7.45. The Morgan fingerprint density at radius 3 is 2.69 bits per heavy atom. The van der Waals surface area contributed by atoms with Crippen LogP contribution in [0, 0.1) is 17.6 Å². The minimum absolute atomic E-state index is 0.00777. The molecule has 0 aliphatic carbocycles. The van der Waals surface area contributed by atoms with Gasteiger partial charge in [0.15, 0.2) is 0 Å². The number of benzene rings is 1. The van der Waals surface area contributed by atoms with Crippen LogP contribution in [-0.4, -0.2) is 11.8 Å². The van der Waals surface area contributed by atoms with Gasteiger partial charge in [0.1, 0.15) is 11.6 Å². The monoisotopic (exact) mass is 311 g/mol. The third kappa shape index (κ3) is 3.15. The van der Waals surface area contributed by atoms with Gasteiger partial charge in [0.25, 0.3) is 0 Å². The molecule has 0 saturated heterocycles. The molecule has 1 aromatic rings. The van der Waals surface area contributed by atoms with Crippen LogP contribution >= 0.6 is 27.5 Å². The van der Waals surface area contributed by atoms with Crippen molar-refractivity contribution in [2.45, 2.75) is 6.92 Å². The van der Waals surface area contributed by atoms with E-state index in [-0.39, 0.29) is 16.0 Å². The van der Waals surface area contributed by atoms with Crippen molar-refractivity contribution in [3.05, 3.63) is 28.2 Å². The lowest BCUT2D eigenvalue weighted by Gasteiger charge is -2.10. The van der Waals surface area contributed by atoms with Gasteiger partial charge in [-0.25, -0.2) is 8.78 Å². The first kappa shape index (κ1) is 13.4. The molecule has 16 heavy (non-hydrogen) atoms. The standard InChI is InChI=1S/C10H9BrClF2NO/c1-5(4-12)10(16)15-9-3-7(13)6(11)2-8(9)14/h2-3,5H,4H2,1H3,(H,15,16). The zero-order valence-corrected chi connectivity index (χ0v) is 10.7. The minimum atomic E-state index is -0.705. The van der Waals surface area contributed by atoms with E-state index in [0.29, 0.717) is 0 Å². The van der Waals surface area contributed by atoms with E-state index in [2.05, 4.69) is 21.2 Å². The third-order valence-corrected chi connectivity index (χ3v) is 3.02. The predicted molar refractivity (Wildman–Crippen MR) is 62.6 cm³/mol. The van der Waals surface area contributed by atoms with E-state index in [0.717, 1.165) is 12.1 Å². The summed E-state index contributed by atoms with van der Waals surface area (Å²) < 4.78 is 26.4. The van der Waals surface area contributed by atoms with E-state index < -0.39 is 23.5 Å². The number of hydrogen-bond donors (Lipinski definition) is 1. The van der Waals surface area contributed by atoms with Crippen molar-refractivity contribution in [3.8, 4) is 0 Å². The maximum absolute atomic E-state index is 13.3. The third-order valence-electron chi connectivity index (χ3n) is 1.95. The van der Waals surface area contributed by atoms with Gasteiger partial charge in [0, 0.05) is 17.9 Å². The van der Waals surface area contributed by atoms with Gasteiger partial charge in [0.2, 0.25) is 5.91 Å². The average molecular weight is 313 g/mol. The fourth-order valence-electron chi connectivity index (χ4n) is 0.944. The molecule has 6 heteroatoms. The lowest BCUT2D eigenvalue weighted by molar-refractivity contribution is -0.118. The molecule has 0 aliphatic rings. The van der Waals surface area contributed by atoms with Crippen LogP contribution in [0.4, 0.5) is 14.5 Å². The Balaban J connectivity index is 2.90. The Kier molecular flexibility index (Phi) is 4.68. The molecule has 2 nitrogen and oxygen atoms in total. The van der Waals surface area contributed by atoms with Gasteiger partial charge in [-0.2, -0.15) is 0 Å². The summed E-state index contributed by atoms with van der Waals surface area (Å²) in [6, 6.07) is 1.87. The summed E-state index contributed by atoms with van der Waals surface area (Å²) in [7, 11) is 0. The number of rotatable bonds is 3. The summed E-state index contributed by atoms with van der Waals surface area (Å²) in [4.78, 5) is 11.4. The highest BCUT2D eigenvalue weighted by Gasteiger charge is 2.15. The molecule has 1 rings (SSSR count). The van der Waals surface area contributed by atoms with E-state index in [4.69, 9.17) is 11.6 Å². The van der Waals surface area contributed by atoms with Crippen molar-refractivity contribution in [1.29, 1.82) is 0 Å². The largest absolute Gasteiger partial charge is 0.323 e. The topological polar surface area (TPSA) is 29.1 Å². The van der Waals surface area contributed by atoms with E-state index in [1.54, 1.807) is 6.92 Å². The molecule has 0 fully saturated rings. The first-order valence-electron chi connectivity index (χ1n) is 4.47. The molecule has 0 aliphatic heterocycles. The molecule has 1 aromatic carbocycles. The van der Waals surface area contributed by atoms with Crippen LogP contribution in [0.1, 0.15) is 6.92 Å². The maximum atomic E-state index is 13.3. The number of hydrogen-bond acceptors (Lipinski definition) is 1. The Labute approximate surface area is 105 Å². The molecule has 0 saturated carbocycles. The summed E-state index contributed by atoms with van der Waals surface area (Å²) in [5.74, 6) is -2.14. The zero-order valence-electron chi connectivity index (χ0n) is 8.36. The van der Waals surface area contributed by atoms with Crippen molar-refractivity contribution < 1.29 is 13.6 Å². The number of alkyl halides is 1. The fourth-order valence-corrected chi connectivity index (χ4v) is 1.40. The molecular weight excluding hydrogens is 303 g/mol. The number of carbonyl (C=O) groups is 1. The van der Waals surface area contributed by atoms with Crippen molar-refractivity contribution in [2.24, 2.45) is 5.92 Å². The van der Waals surface area contributed by atoms with Crippen LogP contribution < -0.4 is 5.32 Å². The van der Waals surface area contributed by atoms with Gasteiger partial charge in [-0.3, -0.25) is 4.79 Å². The number of amides is 1. The van der Waals surface area contributed by atoms with Gasteiger partial charge < -0.3 is 5.32 Å². The average Bonchev–Trinajstić information content (AvgIpc) is 2.24. The second-order valence-electron chi connectivity index (χ2n) is 3.29. The molecule has 0 spiro atoms. The number of halogens is 4. The van der Waals surface area contributed by atoms with Gasteiger partial charge in [0.05, 0.1) is 10.2 Å². The summed E-state index contributed by atoms with van der Waals surface area (Å²) in [6.45, 7) is 1.59. The fraction of sp³-hybridized carbons (Fsp3) is 0.300. The molecule has 1 atom stereocenters. The maximum Gasteiger partial charge on any atom is 0.228 e. The number of carbonyl (C=O) groups excluding carboxylic acids is 1. The van der Waals surface area contributed by atoms with E-state index in [9.17, 15) is 13.6 Å². The normalized spacial score (nSPS) is 12.3. The molecule has 0 radical (unpaired) electrons. The molecule has 0 bridgehead atoms. The quantitative estimate of drug-likeness (QED) is 0.671. The molecule has 0 aromatic heterocycles. The lowest BCUT2D eigenvalue weighted by atomic mass is 10.2. The molecular formula is C10H9BrClF2NO. The highest BCUT2D eigenvalue weighted by molar-refractivity contribution is 9.10. The SMILES string of the molecule is CC(CCl)C(=O)Nc1cc(F)c(Br)cc1F. The minimum Gasteiger partial charge on any atom is -0.323 e. The summed E-state index contributed by atoms with van der Waals surface area (Å²) in [5.41, 5.74) is -0.192. The zero-order chi connectivity index (χ0) is 12.3. The van der Waals surface area contributed by atoms with Crippen molar-refractivity contribution in [1.82, 2.24) is 0 Å². The Morgan fingerprint density at radius 2 is 2.12 bits per heavy atom. The molecule has 1 unspecified atom stereocenters. The summed E-state index contributed by atoms with van der Waals surface area (Å²) in [6.07, 6.45) is 0. The number of anilines is 1. The first-order valence-corrected chi connectivity index (χ1v) is 5.79. The van der Waals surface area contributed by atoms with E-state index in [1.165, 1.54) is 0 Å². The van der Waals surface area contributed by atoms with E-state index in [1.807, 2.05) is 0 Å². The highest BCUT2D eigenvalue weighted by Crippen LogP contribution is 2.23. The summed E-state index contributed by atoms with van der Waals surface area (Å²) in [5, 5.41) is 2.27. The van der Waals surface area contributed by atoms with Crippen LogP contribution in [-0.2, 0) is 4.79 Å². The van der Waals surface area contributed by atoms with Crippen LogP contribution in [0.2, 0.25) is 0 Å². The van der Waals surface area contributed by atoms with Crippen LogP contribution in [0.15, 0.2) is 16.6 Å². The lowest BCUT2D eigenvalue weighted by Crippen LogP contribution is -2.22. The Hall–Kier alpha value is -0.680. The second-order valence-corrected chi connectivity index (χ2v) is 4.45. The predicted octanol–water partition coefficient (Wildman–Crippen LogP) is 3.54.